The number of para-hydroxylation sites is 1. The van der Waals surface area contributed by atoms with Gasteiger partial charge in [-0.2, -0.15) is 0 Å². The zero-order valence-electron chi connectivity index (χ0n) is 10.4. The van der Waals surface area contributed by atoms with E-state index in [1.165, 1.54) is 0 Å². The minimum Gasteiger partial charge on any atom is -0.469 e. The van der Waals surface area contributed by atoms with Gasteiger partial charge in [-0.05, 0) is 29.8 Å². The summed E-state index contributed by atoms with van der Waals surface area (Å²) in [6.07, 6.45) is 2.55. The molecule has 0 radical (unpaired) electrons. The lowest BCUT2D eigenvalue weighted by molar-refractivity contribution is 0.498. The van der Waals surface area contributed by atoms with E-state index in [2.05, 4.69) is 5.32 Å². The van der Waals surface area contributed by atoms with Gasteiger partial charge < -0.3 is 14.2 Å². The fourth-order valence-corrected chi connectivity index (χ4v) is 2.37. The molecular weight excluding hydrogens is 262 g/mol. The van der Waals surface area contributed by atoms with Gasteiger partial charge in [0.15, 0.2) is 5.22 Å². The molecule has 0 saturated heterocycles. The normalized spacial score (nSPS) is 11.2. The SMILES string of the molecule is Clc1oc2ccccc2c1CNCCc1ccco1. The Labute approximate surface area is 116 Å². The molecular formula is C15H14ClNO2. The number of fused-ring (bicyclic) bond motifs is 1. The lowest BCUT2D eigenvalue weighted by Gasteiger charge is -2.02. The molecule has 19 heavy (non-hydrogen) atoms. The number of nitrogens with one attached hydrogen (secondary N) is 1. The largest absolute Gasteiger partial charge is 0.469 e. The van der Waals surface area contributed by atoms with Crippen LogP contribution in [0.2, 0.25) is 5.22 Å². The molecule has 0 amide bonds. The molecule has 0 aliphatic rings. The van der Waals surface area contributed by atoms with Gasteiger partial charge in [0.2, 0.25) is 0 Å². The first-order chi connectivity index (χ1) is 9.34. The predicted molar refractivity (Wildman–Crippen MR) is 75.3 cm³/mol. The van der Waals surface area contributed by atoms with Gasteiger partial charge in [-0.1, -0.05) is 18.2 Å². The number of halogens is 1. The third-order valence-corrected chi connectivity index (χ3v) is 3.38. The zero-order chi connectivity index (χ0) is 13.1. The lowest BCUT2D eigenvalue weighted by atomic mass is 10.2. The van der Waals surface area contributed by atoms with Gasteiger partial charge in [-0.3, -0.25) is 0 Å². The third-order valence-electron chi connectivity index (χ3n) is 3.08. The van der Waals surface area contributed by atoms with Crippen molar-refractivity contribution in [2.24, 2.45) is 0 Å². The molecule has 98 valence electrons. The maximum absolute atomic E-state index is 6.12. The van der Waals surface area contributed by atoms with Crippen molar-refractivity contribution in [1.82, 2.24) is 5.32 Å². The van der Waals surface area contributed by atoms with E-state index < -0.39 is 0 Å². The molecule has 2 aromatic heterocycles. The van der Waals surface area contributed by atoms with Crippen molar-refractivity contribution in [3.05, 3.63) is 59.2 Å². The van der Waals surface area contributed by atoms with Crippen LogP contribution in [0.25, 0.3) is 11.0 Å². The summed E-state index contributed by atoms with van der Waals surface area (Å²) < 4.78 is 10.8. The Morgan fingerprint density at radius 1 is 1.11 bits per heavy atom. The van der Waals surface area contributed by atoms with Crippen molar-refractivity contribution in [2.45, 2.75) is 13.0 Å². The molecule has 3 rings (SSSR count). The monoisotopic (exact) mass is 275 g/mol. The van der Waals surface area contributed by atoms with Crippen LogP contribution in [0.4, 0.5) is 0 Å². The number of rotatable bonds is 5. The molecule has 0 atom stereocenters. The van der Waals surface area contributed by atoms with Crippen LogP contribution in [0.1, 0.15) is 11.3 Å². The summed E-state index contributed by atoms with van der Waals surface area (Å²) in [7, 11) is 0. The molecule has 0 aliphatic heterocycles. The highest BCUT2D eigenvalue weighted by molar-refractivity contribution is 6.30. The minimum absolute atomic E-state index is 0.465. The molecule has 1 aromatic carbocycles. The van der Waals surface area contributed by atoms with Gasteiger partial charge in [0, 0.05) is 30.5 Å². The van der Waals surface area contributed by atoms with Crippen molar-refractivity contribution < 1.29 is 8.83 Å². The topological polar surface area (TPSA) is 38.3 Å². The summed E-state index contributed by atoms with van der Waals surface area (Å²) >= 11 is 6.12. The predicted octanol–water partition coefficient (Wildman–Crippen LogP) is 4.01. The van der Waals surface area contributed by atoms with E-state index in [-0.39, 0.29) is 0 Å². The summed E-state index contributed by atoms with van der Waals surface area (Å²) in [5, 5.41) is 4.89. The van der Waals surface area contributed by atoms with Crippen molar-refractivity contribution in [2.75, 3.05) is 6.54 Å². The number of hydrogen-bond acceptors (Lipinski definition) is 3. The standard InChI is InChI=1S/C15H14ClNO2/c16-15-13(12-5-1-2-6-14(12)19-15)10-17-8-7-11-4-3-9-18-11/h1-6,9,17H,7-8,10H2. The van der Waals surface area contributed by atoms with Gasteiger partial charge in [0.25, 0.3) is 0 Å². The fourth-order valence-electron chi connectivity index (χ4n) is 2.11. The smallest absolute Gasteiger partial charge is 0.199 e. The van der Waals surface area contributed by atoms with Gasteiger partial charge in [-0.15, -0.1) is 0 Å². The van der Waals surface area contributed by atoms with Crippen LogP contribution in [0.5, 0.6) is 0 Å². The van der Waals surface area contributed by atoms with Gasteiger partial charge in [0.05, 0.1) is 6.26 Å². The minimum atomic E-state index is 0.465. The first kappa shape index (κ1) is 12.3. The van der Waals surface area contributed by atoms with Crippen LogP contribution in [-0.2, 0) is 13.0 Å². The van der Waals surface area contributed by atoms with Crippen LogP contribution in [-0.4, -0.2) is 6.54 Å². The summed E-state index contributed by atoms with van der Waals surface area (Å²) in [4.78, 5) is 0. The Bertz CT molecular complexity index is 658. The Hall–Kier alpha value is -1.71. The number of furan rings is 2. The molecule has 0 fully saturated rings. The third kappa shape index (κ3) is 2.67. The molecule has 0 spiro atoms. The van der Waals surface area contributed by atoms with Crippen LogP contribution in [0.3, 0.4) is 0 Å². The fraction of sp³-hybridized carbons (Fsp3) is 0.200. The average molecular weight is 276 g/mol. The number of hydrogen-bond donors (Lipinski definition) is 1. The van der Waals surface area contributed by atoms with E-state index in [1.807, 2.05) is 36.4 Å². The highest BCUT2D eigenvalue weighted by Gasteiger charge is 2.11. The molecule has 0 aliphatic carbocycles. The van der Waals surface area contributed by atoms with Crippen LogP contribution < -0.4 is 5.32 Å². The van der Waals surface area contributed by atoms with Gasteiger partial charge in [-0.25, -0.2) is 0 Å². The summed E-state index contributed by atoms with van der Waals surface area (Å²) in [5.41, 5.74) is 1.84. The van der Waals surface area contributed by atoms with E-state index in [9.17, 15) is 0 Å². The van der Waals surface area contributed by atoms with E-state index >= 15 is 0 Å². The first-order valence-corrected chi connectivity index (χ1v) is 6.61. The van der Waals surface area contributed by atoms with Crippen LogP contribution >= 0.6 is 11.6 Å². The van der Waals surface area contributed by atoms with Crippen LogP contribution in [0, 0.1) is 0 Å². The summed E-state index contributed by atoms with van der Waals surface area (Å²) in [6, 6.07) is 11.7. The van der Waals surface area contributed by atoms with Crippen molar-refractivity contribution in [3.63, 3.8) is 0 Å². The average Bonchev–Trinajstić information content (AvgIpc) is 3.02. The van der Waals surface area contributed by atoms with E-state index in [0.29, 0.717) is 11.8 Å². The zero-order valence-corrected chi connectivity index (χ0v) is 11.1. The van der Waals surface area contributed by atoms with Crippen molar-refractivity contribution in [1.29, 1.82) is 0 Å². The van der Waals surface area contributed by atoms with E-state index in [0.717, 1.165) is 35.3 Å². The van der Waals surface area contributed by atoms with Crippen LogP contribution in [0.15, 0.2) is 51.5 Å². The van der Waals surface area contributed by atoms with Crippen molar-refractivity contribution >= 4 is 22.6 Å². The second-order valence-electron chi connectivity index (χ2n) is 4.36. The van der Waals surface area contributed by atoms with E-state index in [1.54, 1.807) is 6.26 Å². The molecule has 1 N–H and O–H groups in total. The van der Waals surface area contributed by atoms with Gasteiger partial charge >= 0.3 is 0 Å². The quantitative estimate of drug-likeness (QED) is 0.715. The number of benzene rings is 1. The Morgan fingerprint density at radius 2 is 2.00 bits per heavy atom. The highest BCUT2D eigenvalue weighted by Crippen LogP contribution is 2.29. The van der Waals surface area contributed by atoms with Crippen molar-refractivity contribution in [3.8, 4) is 0 Å². The maximum Gasteiger partial charge on any atom is 0.199 e. The summed E-state index contributed by atoms with van der Waals surface area (Å²) in [6.45, 7) is 1.53. The molecule has 4 heteroatoms. The molecule has 0 bridgehead atoms. The first-order valence-electron chi connectivity index (χ1n) is 6.23. The molecule has 0 unspecified atom stereocenters. The Balaban J connectivity index is 1.63. The molecule has 2 heterocycles. The van der Waals surface area contributed by atoms with Gasteiger partial charge in [0.1, 0.15) is 11.3 Å². The summed E-state index contributed by atoms with van der Waals surface area (Å²) in [5.74, 6) is 0.982. The second kappa shape index (κ2) is 5.51. The van der Waals surface area contributed by atoms with E-state index in [4.69, 9.17) is 20.4 Å². The lowest BCUT2D eigenvalue weighted by Crippen LogP contribution is -2.16. The molecule has 0 saturated carbocycles. The molecule has 3 nitrogen and oxygen atoms in total. The molecule has 3 aromatic rings. The Kier molecular flexibility index (Phi) is 3.58. The maximum atomic E-state index is 6.12. The second-order valence-corrected chi connectivity index (χ2v) is 4.70. The Morgan fingerprint density at radius 3 is 2.84 bits per heavy atom. The highest BCUT2D eigenvalue weighted by atomic mass is 35.5.